The van der Waals surface area contributed by atoms with E-state index >= 15 is 0 Å². The SMILES string of the molecule is CCCCCCCCCCCC[N+](C)(C)CCCCCC[N+](C)(C)CCCS(=O)(=O)[O-]. The zero-order valence-electron chi connectivity index (χ0n) is 21.7. The van der Waals surface area contributed by atoms with Crippen LogP contribution in [0.25, 0.3) is 0 Å². The average Bonchev–Trinajstić information content (AvgIpc) is 2.64. The largest absolute Gasteiger partial charge is 0.748 e. The summed E-state index contributed by atoms with van der Waals surface area (Å²) in [5.74, 6) is -0.235. The average molecular weight is 464 g/mol. The van der Waals surface area contributed by atoms with Crippen molar-refractivity contribution in [2.24, 2.45) is 0 Å². The Morgan fingerprint density at radius 1 is 0.516 bits per heavy atom. The van der Waals surface area contributed by atoms with Gasteiger partial charge in [-0.25, -0.2) is 8.42 Å². The highest BCUT2D eigenvalue weighted by Crippen LogP contribution is 2.13. The summed E-state index contributed by atoms with van der Waals surface area (Å²) in [5, 5.41) is 0. The number of nitrogens with zero attached hydrogens (tertiary/aromatic N) is 2. The van der Waals surface area contributed by atoms with Gasteiger partial charge in [-0.2, -0.15) is 0 Å². The van der Waals surface area contributed by atoms with Crippen LogP contribution in [0.4, 0.5) is 0 Å². The van der Waals surface area contributed by atoms with Gasteiger partial charge < -0.3 is 13.5 Å². The number of hydrogen-bond acceptors (Lipinski definition) is 3. The van der Waals surface area contributed by atoms with E-state index < -0.39 is 10.1 Å². The predicted octanol–water partition coefficient (Wildman–Crippen LogP) is 5.56. The van der Waals surface area contributed by atoms with Crippen LogP contribution in [-0.4, -0.2) is 82.1 Å². The Balaban J connectivity index is 3.62. The summed E-state index contributed by atoms with van der Waals surface area (Å²) in [6.45, 7) is 6.64. The molecule has 5 nitrogen and oxygen atoms in total. The van der Waals surface area contributed by atoms with Crippen molar-refractivity contribution < 1.29 is 21.9 Å². The van der Waals surface area contributed by atoms with Crippen molar-refractivity contribution in [3.63, 3.8) is 0 Å². The maximum absolute atomic E-state index is 10.7. The van der Waals surface area contributed by atoms with Crippen LogP contribution in [0.15, 0.2) is 0 Å². The summed E-state index contributed by atoms with van der Waals surface area (Å²) < 4.78 is 34.1. The molecule has 188 valence electrons. The van der Waals surface area contributed by atoms with Gasteiger partial charge in [0.25, 0.3) is 0 Å². The van der Waals surface area contributed by atoms with Crippen LogP contribution in [-0.2, 0) is 10.1 Å². The van der Waals surface area contributed by atoms with Gasteiger partial charge in [0.1, 0.15) is 0 Å². The molecule has 0 rings (SSSR count). The summed E-state index contributed by atoms with van der Waals surface area (Å²) >= 11 is 0. The summed E-state index contributed by atoms with van der Waals surface area (Å²) in [4.78, 5) is 0. The Bertz CT molecular complexity index is 519. The molecule has 0 heterocycles. The van der Waals surface area contributed by atoms with Crippen LogP contribution in [0.5, 0.6) is 0 Å². The van der Waals surface area contributed by atoms with E-state index in [1.807, 2.05) is 0 Å². The van der Waals surface area contributed by atoms with Crippen molar-refractivity contribution >= 4 is 10.1 Å². The molecular formula is C25H55N2O3S+. The van der Waals surface area contributed by atoms with Gasteiger partial charge >= 0.3 is 0 Å². The Morgan fingerprint density at radius 2 is 0.806 bits per heavy atom. The maximum Gasteiger partial charge on any atom is 0.0948 e. The summed E-state index contributed by atoms with van der Waals surface area (Å²) in [6.07, 6.45) is 19.4. The van der Waals surface area contributed by atoms with Crippen LogP contribution in [0.1, 0.15) is 103 Å². The fraction of sp³-hybridized carbons (Fsp3) is 1.00. The van der Waals surface area contributed by atoms with Gasteiger partial charge in [0.05, 0.1) is 64.5 Å². The fourth-order valence-corrected chi connectivity index (χ4v) is 4.84. The highest BCUT2D eigenvalue weighted by atomic mass is 32.2. The number of hydrogen-bond donors (Lipinski definition) is 0. The quantitative estimate of drug-likeness (QED) is 0.120. The molecular weight excluding hydrogens is 408 g/mol. The predicted molar refractivity (Wildman–Crippen MR) is 133 cm³/mol. The lowest BCUT2D eigenvalue weighted by molar-refractivity contribution is -0.891. The lowest BCUT2D eigenvalue weighted by Gasteiger charge is -2.31. The zero-order valence-corrected chi connectivity index (χ0v) is 22.5. The molecule has 0 saturated carbocycles. The van der Waals surface area contributed by atoms with E-state index in [9.17, 15) is 13.0 Å². The Hall–Kier alpha value is -0.170. The van der Waals surface area contributed by atoms with Crippen molar-refractivity contribution in [1.29, 1.82) is 0 Å². The summed E-state index contributed by atoms with van der Waals surface area (Å²) in [6, 6.07) is 0. The smallest absolute Gasteiger partial charge is 0.0948 e. The van der Waals surface area contributed by atoms with E-state index in [4.69, 9.17) is 0 Å². The van der Waals surface area contributed by atoms with E-state index in [-0.39, 0.29) is 5.75 Å². The molecule has 0 aromatic rings. The Morgan fingerprint density at radius 3 is 1.13 bits per heavy atom. The molecule has 0 fully saturated rings. The van der Waals surface area contributed by atoms with Gasteiger partial charge in [0.15, 0.2) is 0 Å². The molecule has 0 radical (unpaired) electrons. The normalized spacial score (nSPS) is 13.1. The monoisotopic (exact) mass is 463 g/mol. The van der Waals surface area contributed by atoms with Crippen molar-refractivity contribution in [1.82, 2.24) is 0 Å². The minimum absolute atomic E-state index is 0.235. The second-order valence-corrected chi connectivity index (χ2v) is 12.5. The first-order chi connectivity index (χ1) is 14.5. The van der Waals surface area contributed by atoms with E-state index in [1.54, 1.807) is 0 Å². The first-order valence-corrected chi connectivity index (χ1v) is 14.6. The second kappa shape index (κ2) is 17.3. The second-order valence-electron chi connectivity index (χ2n) is 11.0. The van der Waals surface area contributed by atoms with E-state index in [1.165, 1.54) is 103 Å². The number of unbranched alkanes of at least 4 members (excludes halogenated alkanes) is 12. The molecule has 0 atom stereocenters. The number of quaternary nitrogens is 2. The molecule has 6 heteroatoms. The van der Waals surface area contributed by atoms with E-state index in [0.717, 1.165) is 22.1 Å². The third kappa shape index (κ3) is 22.8. The summed E-state index contributed by atoms with van der Waals surface area (Å²) in [7, 11) is 4.93. The third-order valence-corrected chi connectivity index (χ3v) is 7.34. The molecule has 0 aliphatic rings. The molecule has 0 saturated heterocycles. The van der Waals surface area contributed by atoms with Crippen LogP contribution < -0.4 is 0 Å². The molecule has 31 heavy (non-hydrogen) atoms. The molecule has 0 amide bonds. The van der Waals surface area contributed by atoms with Crippen molar-refractivity contribution in [2.45, 2.75) is 103 Å². The van der Waals surface area contributed by atoms with Gasteiger partial charge in [0.2, 0.25) is 0 Å². The number of rotatable bonds is 22. The molecule has 0 aliphatic carbocycles. The van der Waals surface area contributed by atoms with Crippen molar-refractivity contribution in [3.8, 4) is 0 Å². The van der Waals surface area contributed by atoms with E-state index in [2.05, 4.69) is 35.1 Å². The maximum atomic E-state index is 10.7. The molecule has 0 N–H and O–H groups in total. The highest BCUT2D eigenvalue weighted by molar-refractivity contribution is 7.85. The third-order valence-electron chi connectivity index (χ3n) is 6.55. The highest BCUT2D eigenvalue weighted by Gasteiger charge is 2.16. The van der Waals surface area contributed by atoms with Gasteiger partial charge in [-0.3, -0.25) is 0 Å². The Kier molecular flexibility index (Phi) is 17.2. The van der Waals surface area contributed by atoms with Gasteiger partial charge in [-0.05, 0) is 38.5 Å². The standard InChI is InChI=1S/C25H55N2O3S/c1-6-7-8-9-10-11-12-13-14-17-21-26(2,3)22-18-15-16-19-23-27(4,5)24-20-25-31(28,29)30/h6-25H2,1-5H3/q+1. The molecule has 0 bridgehead atoms. The van der Waals surface area contributed by atoms with Crippen molar-refractivity contribution in [2.75, 3.05) is 60.1 Å². The van der Waals surface area contributed by atoms with Crippen LogP contribution in [0, 0.1) is 0 Å². The first kappa shape index (κ1) is 30.8. The van der Waals surface area contributed by atoms with Crippen LogP contribution in [0.3, 0.4) is 0 Å². The molecule has 0 aromatic carbocycles. The molecule has 0 aromatic heterocycles. The summed E-state index contributed by atoms with van der Waals surface area (Å²) in [5.41, 5.74) is 0. The zero-order chi connectivity index (χ0) is 23.6. The first-order valence-electron chi connectivity index (χ1n) is 13.0. The van der Waals surface area contributed by atoms with Crippen LogP contribution in [0.2, 0.25) is 0 Å². The van der Waals surface area contributed by atoms with Gasteiger partial charge in [-0.1, -0.05) is 58.3 Å². The van der Waals surface area contributed by atoms with Crippen LogP contribution >= 0.6 is 0 Å². The minimum Gasteiger partial charge on any atom is -0.748 e. The fourth-order valence-electron chi connectivity index (χ4n) is 4.35. The minimum atomic E-state index is -4.07. The lowest BCUT2D eigenvalue weighted by Crippen LogP contribution is -2.42. The molecule has 0 aliphatic heterocycles. The topological polar surface area (TPSA) is 57.2 Å². The van der Waals surface area contributed by atoms with Gasteiger partial charge in [0, 0.05) is 12.2 Å². The lowest BCUT2D eigenvalue weighted by atomic mass is 10.1. The Labute approximate surface area is 195 Å². The molecule has 0 spiro atoms. The van der Waals surface area contributed by atoms with Crippen molar-refractivity contribution in [3.05, 3.63) is 0 Å². The molecule has 0 unspecified atom stereocenters. The van der Waals surface area contributed by atoms with Gasteiger partial charge in [-0.15, -0.1) is 0 Å². The van der Waals surface area contributed by atoms with E-state index in [0.29, 0.717) is 6.42 Å².